The van der Waals surface area contributed by atoms with Crippen molar-refractivity contribution >= 4 is 51.5 Å². The summed E-state index contributed by atoms with van der Waals surface area (Å²) in [5.74, 6) is -0.554. The minimum atomic E-state index is -0.584. The third kappa shape index (κ3) is 4.96. The van der Waals surface area contributed by atoms with E-state index in [1.165, 1.54) is 22.8 Å². The molecule has 0 saturated heterocycles. The molecule has 11 heteroatoms. The van der Waals surface area contributed by atoms with Gasteiger partial charge >= 0.3 is 0 Å². The lowest BCUT2D eigenvalue weighted by molar-refractivity contribution is -0.384. The number of aliphatic hydroxyl groups is 1. The molecule has 0 unspecified atom stereocenters. The zero-order chi connectivity index (χ0) is 21.7. The minimum Gasteiger partial charge on any atom is -0.396 e. The smallest absolute Gasteiger partial charge is 0.271 e. The molecule has 0 aliphatic heterocycles. The largest absolute Gasteiger partial charge is 0.396 e. The van der Waals surface area contributed by atoms with Crippen LogP contribution in [0.4, 0.5) is 11.4 Å². The van der Waals surface area contributed by atoms with Gasteiger partial charge in [0.05, 0.1) is 32.3 Å². The summed E-state index contributed by atoms with van der Waals surface area (Å²) in [5, 5.41) is 23.5. The van der Waals surface area contributed by atoms with Gasteiger partial charge in [0.1, 0.15) is 0 Å². The molecule has 1 aromatic heterocycles. The molecule has 0 aliphatic rings. The van der Waals surface area contributed by atoms with Crippen LogP contribution < -0.4 is 10.9 Å². The molecule has 1 amide bonds. The predicted octanol–water partition coefficient (Wildman–Crippen LogP) is 3.07. The number of aliphatic hydroxyl groups excluding tert-OH is 1. The van der Waals surface area contributed by atoms with Crippen LogP contribution in [0.15, 0.2) is 52.4 Å². The van der Waals surface area contributed by atoms with Gasteiger partial charge in [0.25, 0.3) is 11.2 Å². The predicted molar refractivity (Wildman–Crippen MR) is 115 cm³/mol. The number of amides is 1. The normalized spacial score (nSPS) is 10.9. The monoisotopic (exact) mass is 448 g/mol. The molecular weight excluding hydrogens is 432 g/mol. The summed E-state index contributed by atoms with van der Waals surface area (Å²) in [6.07, 6.45) is 0.364. The first-order valence-electron chi connectivity index (χ1n) is 8.87. The number of carbonyl (C=O) groups is 1. The molecule has 3 aromatic rings. The van der Waals surface area contributed by atoms with Gasteiger partial charge in [-0.05, 0) is 24.6 Å². The van der Waals surface area contributed by atoms with Crippen molar-refractivity contribution in [2.75, 3.05) is 17.7 Å². The van der Waals surface area contributed by atoms with Gasteiger partial charge in [0.15, 0.2) is 5.16 Å². The lowest BCUT2D eigenvalue weighted by atomic mass is 10.2. The number of nitro benzene ring substituents is 1. The lowest BCUT2D eigenvalue weighted by Crippen LogP contribution is -2.24. The van der Waals surface area contributed by atoms with Crippen molar-refractivity contribution in [2.24, 2.45) is 0 Å². The van der Waals surface area contributed by atoms with E-state index in [1.807, 2.05) is 0 Å². The maximum absolute atomic E-state index is 12.8. The number of thioether (sulfide) groups is 1. The molecule has 0 radical (unpaired) electrons. The van der Waals surface area contributed by atoms with Crippen molar-refractivity contribution in [3.8, 4) is 0 Å². The number of fused-ring (bicyclic) bond motifs is 1. The summed E-state index contributed by atoms with van der Waals surface area (Å²) in [6.45, 7) is 0.170. The van der Waals surface area contributed by atoms with E-state index in [4.69, 9.17) is 16.7 Å². The average molecular weight is 449 g/mol. The van der Waals surface area contributed by atoms with E-state index in [2.05, 4.69) is 10.3 Å². The van der Waals surface area contributed by atoms with Crippen molar-refractivity contribution in [3.05, 3.63) is 68.0 Å². The summed E-state index contributed by atoms with van der Waals surface area (Å²) in [6, 6.07) is 10.6. The fourth-order valence-electron chi connectivity index (χ4n) is 2.72. The number of halogens is 1. The highest BCUT2D eigenvalue weighted by Gasteiger charge is 2.15. The van der Waals surface area contributed by atoms with Gasteiger partial charge in [0, 0.05) is 25.3 Å². The summed E-state index contributed by atoms with van der Waals surface area (Å²) in [7, 11) is 0. The van der Waals surface area contributed by atoms with Gasteiger partial charge in [-0.2, -0.15) is 0 Å². The zero-order valence-electron chi connectivity index (χ0n) is 15.6. The number of aromatic nitrogens is 2. The van der Waals surface area contributed by atoms with Crippen LogP contribution in [0.2, 0.25) is 5.02 Å². The highest BCUT2D eigenvalue weighted by atomic mass is 35.5. The Bertz CT molecular complexity index is 1170. The molecule has 0 spiro atoms. The quantitative estimate of drug-likeness (QED) is 0.234. The first-order valence-corrected chi connectivity index (χ1v) is 10.2. The average Bonchev–Trinajstić information content (AvgIpc) is 2.73. The Hall–Kier alpha value is -2.95. The Labute approximate surface area is 179 Å². The molecule has 1 heterocycles. The SMILES string of the molecule is O=C(CSc1nc2ccccc2c(=O)n1CCCO)Nc1cc([N+](=O)[O-])ccc1Cl. The number of rotatable bonds is 8. The van der Waals surface area contributed by atoms with Crippen molar-refractivity contribution in [1.29, 1.82) is 0 Å². The van der Waals surface area contributed by atoms with Gasteiger partial charge in [-0.1, -0.05) is 35.5 Å². The molecule has 156 valence electrons. The van der Waals surface area contributed by atoms with Crippen LogP contribution in [-0.4, -0.2) is 37.8 Å². The molecule has 0 aliphatic carbocycles. The Kier molecular flexibility index (Phi) is 7.03. The number of hydrogen-bond acceptors (Lipinski definition) is 7. The number of benzene rings is 2. The van der Waals surface area contributed by atoms with Gasteiger partial charge in [-0.3, -0.25) is 24.3 Å². The van der Waals surface area contributed by atoms with E-state index < -0.39 is 10.8 Å². The number of para-hydroxylation sites is 1. The van der Waals surface area contributed by atoms with Crippen LogP contribution >= 0.6 is 23.4 Å². The number of non-ortho nitro benzene ring substituents is 1. The second-order valence-corrected chi connectivity index (χ2v) is 7.55. The molecule has 0 saturated carbocycles. The van der Waals surface area contributed by atoms with E-state index in [1.54, 1.807) is 24.3 Å². The molecule has 2 aromatic carbocycles. The van der Waals surface area contributed by atoms with Crippen molar-refractivity contribution < 1.29 is 14.8 Å². The molecule has 3 rings (SSSR count). The van der Waals surface area contributed by atoms with E-state index in [0.29, 0.717) is 22.5 Å². The van der Waals surface area contributed by atoms with Gasteiger partial charge in [-0.15, -0.1) is 0 Å². The van der Waals surface area contributed by atoms with E-state index in [-0.39, 0.29) is 40.9 Å². The van der Waals surface area contributed by atoms with Crippen LogP contribution in [0, 0.1) is 10.1 Å². The zero-order valence-corrected chi connectivity index (χ0v) is 17.2. The first-order chi connectivity index (χ1) is 14.4. The van der Waals surface area contributed by atoms with Gasteiger partial charge < -0.3 is 10.4 Å². The Balaban J connectivity index is 1.81. The molecule has 2 N–H and O–H groups in total. The molecular formula is C19H17ClN4O5S. The Morgan fingerprint density at radius 1 is 1.30 bits per heavy atom. The number of anilines is 1. The summed E-state index contributed by atoms with van der Waals surface area (Å²) in [5.41, 5.74) is 0.183. The lowest BCUT2D eigenvalue weighted by Gasteiger charge is -2.13. The second kappa shape index (κ2) is 9.70. The van der Waals surface area contributed by atoms with Gasteiger partial charge in [0.2, 0.25) is 5.91 Å². The second-order valence-electron chi connectivity index (χ2n) is 6.20. The van der Waals surface area contributed by atoms with Crippen LogP contribution in [0.3, 0.4) is 0 Å². The third-order valence-corrected chi connectivity index (χ3v) is 5.44. The number of nitro groups is 1. The maximum Gasteiger partial charge on any atom is 0.271 e. The molecule has 0 fully saturated rings. The highest BCUT2D eigenvalue weighted by molar-refractivity contribution is 7.99. The topological polar surface area (TPSA) is 127 Å². The van der Waals surface area contributed by atoms with E-state index in [9.17, 15) is 19.7 Å². The number of carbonyl (C=O) groups excluding carboxylic acids is 1. The first kappa shape index (κ1) is 21.8. The summed E-state index contributed by atoms with van der Waals surface area (Å²) < 4.78 is 1.43. The van der Waals surface area contributed by atoms with Crippen LogP contribution in [0.25, 0.3) is 10.9 Å². The number of nitrogens with one attached hydrogen (secondary N) is 1. The van der Waals surface area contributed by atoms with Gasteiger partial charge in [-0.25, -0.2) is 4.98 Å². The number of nitrogens with zero attached hydrogens (tertiary/aromatic N) is 3. The molecule has 0 bridgehead atoms. The Morgan fingerprint density at radius 3 is 2.80 bits per heavy atom. The summed E-state index contributed by atoms with van der Waals surface area (Å²) in [4.78, 5) is 40.0. The van der Waals surface area contributed by atoms with Crippen molar-refractivity contribution in [3.63, 3.8) is 0 Å². The third-order valence-electron chi connectivity index (χ3n) is 4.13. The highest BCUT2D eigenvalue weighted by Crippen LogP contribution is 2.27. The van der Waals surface area contributed by atoms with Crippen LogP contribution in [0.1, 0.15) is 6.42 Å². The van der Waals surface area contributed by atoms with Crippen LogP contribution in [0.5, 0.6) is 0 Å². The molecule has 0 atom stereocenters. The van der Waals surface area contributed by atoms with Crippen molar-refractivity contribution in [2.45, 2.75) is 18.1 Å². The fraction of sp³-hybridized carbons (Fsp3) is 0.211. The minimum absolute atomic E-state index is 0.0881. The van der Waals surface area contributed by atoms with E-state index >= 15 is 0 Å². The standard InChI is InChI=1S/C19H17ClN4O5S/c20-14-7-6-12(24(28)29)10-16(14)21-17(26)11-30-19-22-15-5-2-1-4-13(15)18(27)23(19)8-3-9-25/h1-2,4-7,10,25H,3,8-9,11H2,(H,21,26). The van der Waals surface area contributed by atoms with Crippen LogP contribution in [-0.2, 0) is 11.3 Å². The number of hydrogen-bond donors (Lipinski definition) is 2. The van der Waals surface area contributed by atoms with E-state index in [0.717, 1.165) is 11.8 Å². The molecule has 9 nitrogen and oxygen atoms in total. The molecule has 30 heavy (non-hydrogen) atoms. The maximum atomic E-state index is 12.8. The van der Waals surface area contributed by atoms with Crippen molar-refractivity contribution in [1.82, 2.24) is 9.55 Å². The Morgan fingerprint density at radius 2 is 2.07 bits per heavy atom. The fourth-order valence-corrected chi connectivity index (χ4v) is 3.71. The summed E-state index contributed by atoms with van der Waals surface area (Å²) >= 11 is 7.06.